The highest BCUT2D eigenvalue weighted by Gasteiger charge is 2.70. The molecule has 0 amide bonds. The molecule has 0 bridgehead atoms. The zero-order valence-electron chi connectivity index (χ0n) is 36.9. The number of halogens is 1. The fraction of sp³-hybridized carbons (Fsp3) is 0.771. The van der Waals surface area contributed by atoms with Crippen LogP contribution in [0.1, 0.15) is 144 Å². The maximum absolute atomic E-state index is 14.2. The molecular formula is C48H73ClN2O5. The average Bonchev–Trinajstić information content (AvgIpc) is 3.38. The molecule has 0 radical (unpaired) electrons. The van der Waals surface area contributed by atoms with E-state index in [4.69, 9.17) is 16.3 Å². The minimum Gasteiger partial charge on any atom is -0.481 e. The third kappa shape index (κ3) is 7.24. The average molecular weight is 794 g/mol. The number of ketones is 1. The first-order valence-corrected chi connectivity index (χ1v) is 22.1. The van der Waals surface area contributed by atoms with E-state index in [1.807, 2.05) is 6.07 Å². The highest BCUT2D eigenvalue weighted by atomic mass is 35.5. The second kappa shape index (κ2) is 15.1. The van der Waals surface area contributed by atoms with Crippen LogP contribution in [0, 0.1) is 56.2 Å². The van der Waals surface area contributed by atoms with Gasteiger partial charge in [-0.05, 0) is 168 Å². The molecule has 8 atom stereocenters. The molecule has 1 aromatic rings. The van der Waals surface area contributed by atoms with Gasteiger partial charge in [0.05, 0.1) is 11.8 Å². The number of carbonyl (C=O) groups is 3. The Morgan fingerprint density at radius 1 is 0.911 bits per heavy atom. The van der Waals surface area contributed by atoms with Crippen LogP contribution in [0.2, 0.25) is 5.02 Å². The number of nitrogens with zero attached hydrogens (tertiary/aromatic N) is 2. The van der Waals surface area contributed by atoms with Crippen molar-refractivity contribution in [3.63, 3.8) is 0 Å². The lowest BCUT2D eigenvalue weighted by molar-refractivity contribution is -0.233. The summed E-state index contributed by atoms with van der Waals surface area (Å²) in [6.45, 7) is 22.8. The van der Waals surface area contributed by atoms with E-state index in [-0.39, 0.29) is 45.5 Å². The monoisotopic (exact) mass is 793 g/mol. The SMILES string of the molecule is CC(C)C1=C2C3CCC4C5(C)CCC(OC(=O)CC(C)(C)C(=O)O)C(C)(C)C5CCC4(C)C3(C)CCC2(CCN(C)Cc2ccc(Cl)cc2CN(C)C)CC1=O. The third-order valence-corrected chi connectivity index (χ3v) is 17.3. The van der Waals surface area contributed by atoms with Crippen LogP contribution in [-0.2, 0) is 32.2 Å². The fourth-order valence-corrected chi connectivity index (χ4v) is 14.1. The first kappa shape index (κ1) is 43.4. The first-order valence-electron chi connectivity index (χ1n) is 21.7. The molecule has 1 aromatic carbocycles. The number of hydrogen-bond donors (Lipinski definition) is 1. The summed E-state index contributed by atoms with van der Waals surface area (Å²) in [6.07, 6.45) is 9.95. The Balaban J connectivity index is 1.24. The number of fused-ring (bicyclic) bond motifs is 7. The van der Waals surface area contributed by atoms with E-state index in [1.165, 1.54) is 17.5 Å². The molecule has 1 N–H and O–H groups in total. The number of rotatable bonds is 12. The second-order valence-electron chi connectivity index (χ2n) is 21.8. The van der Waals surface area contributed by atoms with E-state index in [0.29, 0.717) is 30.0 Å². The first-order chi connectivity index (χ1) is 25.9. The van der Waals surface area contributed by atoms with Gasteiger partial charge in [-0.25, -0.2) is 0 Å². The molecule has 7 nitrogen and oxygen atoms in total. The van der Waals surface area contributed by atoms with Crippen LogP contribution in [0.4, 0.5) is 0 Å². The smallest absolute Gasteiger partial charge is 0.309 e. The lowest BCUT2D eigenvalue weighted by atomic mass is 9.33. The molecule has 8 unspecified atom stereocenters. The maximum Gasteiger partial charge on any atom is 0.309 e. The van der Waals surface area contributed by atoms with E-state index in [9.17, 15) is 19.5 Å². The summed E-state index contributed by atoms with van der Waals surface area (Å²) < 4.78 is 6.20. The van der Waals surface area contributed by atoms with Gasteiger partial charge >= 0.3 is 11.9 Å². The van der Waals surface area contributed by atoms with E-state index in [1.54, 1.807) is 19.4 Å². The van der Waals surface area contributed by atoms with Gasteiger partial charge in [0.1, 0.15) is 6.10 Å². The molecule has 5 aliphatic carbocycles. The predicted molar refractivity (Wildman–Crippen MR) is 225 cm³/mol. The molecule has 0 saturated heterocycles. The summed E-state index contributed by atoms with van der Waals surface area (Å²) in [5, 5.41) is 10.4. The Labute approximate surface area is 343 Å². The van der Waals surface area contributed by atoms with Gasteiger partial charge in [0.25, 0.3) is 0 Å². The summed E-state index contributed by atoms with van der Waals surface area (Å²) in [4.78, 5) is 43.8. The summed E-state index contributed by atoms with van der Waals surface area (Å²) in [5.41, 5.74) is 4.20. The summed E-state index contributed by atoms with van der Waals surface area (Å²) in [5.74, 6) is 0.614. The number of Topliss-reactive ketones (excluding diaryl/α,β-unsaturated/α-hetero) is 1. The molecular weight excluding hydrogens is 720 g/mol. The van der Waals surface area contributed by atoms with Gasteiger partial charge in [0, 0.05) is 35.4 Å². The van der Waals surface area contributed by atoms with Gasteiger partial charge in [0.2, 0.25) is 0 Å². The Morgan fingerprint density at radius 3 is 2.25 bits per heavy atom. The van der Waals surface area contributed by atoms with Gasteiger partial charge < -0.3 is 19.6 Å². The number of carbonyl (C=O) groups excluding carboxylic acids is 2. The Bertz CT molecular complexity index is 1750. The molecule has 312 valence electrons. The topological polar surface area (TPSA) is 87.2 Å². The highest BCUT2D eigenvalue weighted by molar-refractivity contribution is 6.30. The van der Waals surface area contributed by atoms with Crippen molar-refractivity contribution in [2.45, 2.75) is 152 Å². The number of ether oxygens (including phenoxy) is 1. The number of hydrogen-bond acceptors (Lipinski definition) is 6. The largest absolute Gasteiger partial charge is 0.481 e. The van der Waals surface area contributed by atoms with Crippen LogP contribution >= 0.6 is 11.6 Å². The maximum atomic E-state index is 14.2. The Kier molecular flexibility index (Phi) is 11.7. The summed E-state index contributed by atoms with van der Waals surface area (Å²) in [7, 11) is 6.43. The van der Waals surface area contributed by atoms with Gasteiger partial charge in [-0.3, -0.25) is 14.4 Å². The van der Waals surface area contributed by atoms with E-state index in [0.717, 1.165) is 81.6 Å². The van der Waals surface area contributed by atoms with Crippen LogP contribution in [-0.4, -0.2) is 66.4 Å². The van der Waals surface area contributed by atoms with Crippen molar-refractivity contribution in [1.29, 1.82) is 0 Å². The van der Waals surface area contributed by atoms with Crippen molar-refractivity contribution in [3.8, 4) is 0 Å². The standard InChI is InChI=1S/C48H73ClN2O5/c1-30(2)40-35(52)26-48(23-24-51(12)29-31-13-14-33(49)25-32(31)28-50(10)11)22-21-46(8)34(41(40)48)15-16-37-45(7)19-18-38(56-39(53)27-43(3,4)42(54)55)44(5,6)36(45)17-20-47(37,46)9/h13-14,25,30,34,36-38H,15-24,26-29H2,1-12H3,(H,54,55). The fourth-order valence-electron chi connectivity index (χ4n) is 13.9. The summed E-state index contributed by atoms with van der Waals surface area (Å²) in [6, 6.07) is 6.30. The Morgan fingerprint density at radius 2 is 1.61 bits per heavy atom. The molecule has 4 saturated carbocycles. The zero-order chi connectivity index (χ0) is 41.4. The van der Waals surface area contributed by atoms with Crippen LogP contribution in [0.15, 0.2) is 29.3 Å². The van der Waals surface area contributed by atoms with Crippen molar-refractivity contribution in [2.24, 2.45) is 56.2 Å². The van der Waals surface area contributed by atoms with E-state index >= 15 is 0 Å². The minimum atomic E-state index is -1.15. The highest BCUT2D eigenvalue weighted by Crippen LogP contribution is 2.77. The third-order valence-electron chi connectivity index (χ3n) is 17.0. The van der Waals surface area contributed by atoms with Crippen molar-refractivity contribution in [1.82, 2.24) is 9.80 Å². The molecule has 0 spiro atoms. The number of benzene rings is 1. The minimum absolute atomic E-state index is 0.0645. The van der Waals surface area contributed by atoms with Crippen LogP contribution in [0.25, 0.3) is 0 Å². The number of aliphatic carboxylic acids is 1. The molecule has 0 aromatic heterocycles. The van der Waals surface area contributed by atoms with Crippen LogP contribution in [0.5, 0.6) is 0 Å². The quantitative estimate of drug-likeness (QED) is 0.211. The van der Waals surface area contributed by atoms with Gasteiger partial charge in [-0.15, -0.1) is 0 Å². The predicted octanol–water partition coefficient (Wildman–Crippen LogP) is 10.6. The molecule has 6 rings (SSSR count). The number of allylic oxidation sites excluding steroid dienone is 2. The number of carboxylic acids is 1. The lowest BCUT2D eigenvalue weighted by Crippen LogP contribution is -2.65. The molecule has 5 aliphatic rings. The number of carboxylic acid groups (broad SMARTS) is 1. The van der Waals surface area contributed by atoms with Gasteiger partial charge in [-0.1, -0.05) is 71.7 Å². The van der Waals surface area contributed by atoms with Crippen molar-refractivity contribution in [2.75, 3.05) is 27.7 Å². The molecule has 56 heavy (non-hydrogen) atoms. The van der Waals surface area contributed by atoms with Crippen molar-refractivity contribution < 1.29 is 24.2 Å². The zero-order valence-corrected chi connectivity index (χ0v) is 37.6. The Hall–Kier alpha value is -2.22. The molecule has 0 aliphatic heterocycles. The normalized spacial score (nSPS) is 35.3. The van der Waals surface area contributed by atoms with Gasteiger partial charge in [0.15, 0.2) is 5.78 Å². The van der Waals surface area contributed by atoms with E-state index < -0.39 is 17.4 Å². The van der Waals surface area contributed by atoms with Crippen molar-refractivity contribution >= 4 is 29.3 Å². The number of esters is 1. The second-order valence-corrected chi connectivity index (χ2v) is 22.3. The van der Waals surface area contributed by atoms with Crippen LogP contribution in [0.3, 0.4) is 0 Å². The van der Waals surface area contributed by atoms with Crippen molar-refractivity contribution in [3.05, 3.63) is 45.5 Å². The molecule has 4 fully saturated rings. The van der Waals surface area contributed by atoms with Gasteiger partial charge in [-0.2, -0.15) is 0 Å². The van der Waals surface area contributed by atoms with Crippen LogP contribution < -0.4 is 0 Å². The van der Waals surface area contributed by atoms with E-state index in [2.05, 4.69) is 91.5 Å². The lowest BCUT2D eigenvalue weighted by Gasteiger charge is -2.72. The molecule has 8 heteroatoms. The summed E-state index contributed by atoms with van der Waals surface area (Å²) >= 11 is 6.43. The molecule has 0 heterocycles.